The molecule has 0 aromatic carbocycles. The molecule has 5 heteroatoms. The van der Waals surface area contributed by atoms with Gasteiger partial charge in [0.05, 0.1) is 0 Å². The zero-order chi connectivity index (χ0) is 6.85. The van der Waals surface area contributed by atoms with Crippen molar-refractivity contribution in [2.24, 2.45) is 0 Å². The van der Waals surface area contributed by atoms with Crippen LogP contribution in [0.4, 0.5) is 0 Å². The zero-order valence-corrected chi connectivity index (χ0v) is 4.66. The number of hydrogen-bond acceptors (Lipinski definition) is 4. The van der Waals surface area contributed by atoms with Gasteiger partial charge in [-0.15, -0.1) is 0 Å². The van der Waals surface area contributed by atoms with Gasteiger partial charge in [-0.05, 0) is 6.92 Å². The van der Waals surface area contributed by atoms with Gasteiger partial charge >= 0.3 is 11.9 Å². The van der Waals surface area contributed by atoms with E-state index in [-0.39, 0.29) is 5.89 Å². The van der Waals surface area contributed by atoms with Gasteiger partial charge in [0.1, 0.15) is 0 Å². The van der Waals surface area contributed by atoms with E-state index in [4.69, 9.17) is 5.11 Å². The summed E-state index contributed by atoms with van der Waals surface area (Å²) in [7, 11) is 0. The second-order valence-electron chi connectivity index (χ2n) is 1.45. The summed E-state index contributed by atoms with van der Waals surface area (Å²) in [5, 5.41) is 11.5. The van der Waals surface area contributed by atoms with E-state index >= 15 is 0 Å². The minimum atomic E-state index is -1.20. The van der Waals surface area contributed by atoms with Gasteiger partial charge in [-0.3, -0.25) is 0 Å². The van der Waals surface area contributed by atoms with E-state index in [0.29, 0.717) is 5.82 Å². The van der Waals surface area contributed by atoms with Crippen LogP contribution in [0.2, 0.25) is 0 Å². The molecule has 1 heterocycles. The Bertz CT molecular complexity index is 229. The number of aromatic carboxylic acids is 1. The first-order valence-corrected chi connectivity index (χ1v) is 2.24. The molecule has 0 radical (unpaired) electrons. The molecule has 0 spiro atoms. The molecule has 5 nitrogen and oxygen atoms in total. The number of aromatic nitrogens is 2. The maximum atomic E-state index is 10.0. The van der Waals surface area contributed by atoms with Crippen molar-refractivity contribution in [2.75, 3.05) is 0 Å². The summed E-state index contributed by atoms with van der Waals surface area (Å²) in [5.41, 5.74) is 0. The van der Waals surface area contributed by atoms with Crippen LogP contribution in [-0.4, -0.2) is 21.2 Å². The molecule has 48 valence electrons. The van der Waals surface area contributed by atoms with Crippen molar-refractivity contribution in [3.63, 3.8) is 0 Å². The summed E-state index contributed by atoms with van der Waals surface area (Å²) >= 11 is 0. The largest absolute Gasteiger partial charge is 0.474 e. The Balaban J connectivity index is 2.98. The second kappa shape index (κ2) is 1.85. The predicted octanol–water partition coefficient (Wildman–Crippen LogP) is 0.0762. The van der Waals surface area contributed by atoms with Gasteiger partial charge in [0.15, 0.2) is 5.82 Å². The molecule has 0 bridgehead atoms. The van der Waals surface area contributed by atoms with Gasteiger partial charge in [-0.1, -0.05) is 5.16 Å². The lowest BCUT2D eigenvalue weighted by atomic mass is 10.6. The van der Waals surface area contributed by atoms with E-state index in [1.54, 1.807) is 6.92 Å². The van der Waals surface area contributed by atoms with E-state index in [1.165, 1.54) is 0 Å². The van der Waals surface area contributed by atoms with Crippen molar-refractivity contribution in [3.05, 3.63) is 11.7 Å². The summed E-state index contributed by atoms with van der Waals surface area (Å²) in [4.78, 5) is 13.5. The van der Waals surface area contributed by atoms with E-state index in [2.05, 4.69) is 14.7 Å². The molecular formula is C4H4N2O3. The standard InChI is InChI=1S/C4H4N2O3/c1-2-5-3(4(7)8)9-6-2/h1H3,(H,7,8). The molecule has 0 fully saturated rings. The molecule has 1 aromatic rings. The van der Waals surface area contributed by atoms with E-state index in [0.717, 1.165) is 0 Å². The zero-order valence-electron chi connectivity index (χ0n) is 4.66. The smallest absolute Gasteiger partial charge is 0.394 e. The first-order valence-electron chi connectivity index (χ1n) is 2.24. The van der Waals surface area contributed by atoms with Crippen LogP contribution in [0.25, 0.3) is 0 Å². The molecule has 1 N–H and O–H groups in total. The van der Waals surface area contributed by atoms with Gasteiger partial charge in [0.25, 0.3) is 0 Å². The molecule has 1 aromatic heterocycles. The molecule has 0 saturated carbocycles. The highest BCUT2D eigenvalue weighted by Crippen LogP contribution is 1.93. The Kier molecular flexibility index (Phi) is 1.18. The molecule has 0 amide bonds. The van der Waals surface area contributed by atoms with Crippen molar-refractivity contribution in [1.29, 1.82) is 0 Å². The van der Waals surface area contributed by atoms with E-state index < -0.39 is 5.97 Å². The SMILES string of the molecule is Cc1noc(C(=O)O)n1. The van der Waals surface area contributed by atoms with Crippen LogP contribution < -0.4 is 0 Å². The third-order valence-corrected chi connectivity index (χ3v) is 0.711. The van der Waals surface area contributed by atoms with Crippen LogP contribution in [-0.2, 0) is 0 Å². The number of hydrogen-bond donors (Lipinski definition) is 1. The third-order valence-electron chi connectivity index (χ3n) is 0.711. The highest BCUT2D eigenvalue weighted by molar-refractivity contribution is 5.81. The topological polar surface area (TPSA) is 76.2 Å². The van der Waals surface area contributed by atoms with Gasteiger partial charge in [0.2, 0.25) is 0 Å². The lowest BCUT2D eigenvalue weighted by molar-refractivity contribution is 0.0643. The Hall–Kier alpha value is -1.39. The van der Waals surface area contributed by atoms with Crippen LogP contribution in [0.1, 0.15) is 16.5 Å². The summed E-state index contributed by atoms with van der Waals surface area (Å²) in [5.74, 6) is -1.24. The fourth-order valence-electron chi connectivity index (χ4n) is 0.384. The molecule has 0 saturated heterocycles. The quantitative estimate of drug-likeness (QED) is 0.579. The van der Waals surface area contributed by atoms with Crippen LogP contribution in [0, 0.1) is 6.92 Å². The normalized spacial score (nSPS) is 9.44. The fraction of sp³-hybridized carbons (Fsp3) is 0.250. The molecule has 0 aliphatic heterocycles. The molecule has 9 heavy (non-hydrogen) atoms. The van der Waals surface area contributed by atoms with Gasteiger partial charge in [-0.2, -0.15) is 4.98 Å². The predicted molar refractivity (Wildman–Crippen MR) is 26.0 cm³/mol. The molecule has 1 rings (SSSR count). The minimum Gasteiger partial charge on any atom is -0.474 e. The molecular weight excluding hydrogens is 124 g/mol. The number of carboxylic acid groups (broad SMARTS) is 1. The lowest BCUT2D eigenvalue weighted by Gasteiger charge is -1.75. The highest BCUT2D eigenvalue weighted by Gasteiger charge is 2.09. The number of rotatable bonds is 1. The summed E-state index contributed by atoms with van der Waals surface area (Å²) in [6.07, 6.45) is 0. The number of nitrogens with zero attached hydrogens (tertiary/aromatic N) is 2. The molecule has 0 unspecified atom stereocenters. The maximum absolute atomic E-state index is 10.0. The van der Waals surface area contributed by atoms with Crippen LogP contribution in [0.15, 0.2) is 4.52 Å². The van der Waals surface area contributed by atoms with Crippen LogP contribution >= 0.6 is 0 Å². The lowest BCUT2D eigenvalue weighted by Crippen LogP contribution is -1.95. The molecule has 0 aliphatic rings. The first kappa shape index (κ1) is 5.74. The van der Waals surface area contributed by atoms with Crippen molar-refractivity contribution in [1.82, 2.24) is 10.1 Å². The van der Waals surface area contributed by atoms with Crippen molar-refractivity contribution in [3.8, 4) is 0 Å². The summed E-state index contributed by atoms with van der Waals surface area (Å²) in [6, 6.07) is 0. The molecule has 0 atom stereocenters. The summed E-state index contributed by atoms with van der Waals surface area (Å²) in [6.45, 7) is 1.55. The second-order valence-corrected chi connectivity index (χ2v) is 1.45. The highest BCUT2D eigenvalue weighted by atomic mass is 16.5. The number of carbonyl (C=O) groups is 1. The van der Waals surface area contributed by atoms with Crippen molar-refractivity contribution in [2.45, 2.75) is 6.92 Å². The third kappa shape index (κ3) is 1.04. The van der Waals surface area contributed by atoms with Crippen molar-refractivity contribution >= 4 is 5.97 Å². The maximum Gasteiger partial charge on any atom is 0.394 e. The molecule has 0 aliphatic carbocycles. The fourth-order valence-corrected chi connectivity index (χ4v) is 0.384. The van der Waals surface area contributed by atoms with Gasteiger partial charge in [-0.25, -0.2) is 4.79 Å². The number of carboxylic acids is 1. The first-order chi connectivity index (χ1) is 4.20. The van der Waals surface area contributed by atoms with Crippen LogP contribution in [0.5, 0.6) is 0 Å². The van der Waals surface area contributed by atoms with E-state index in [1.807, 2.05) is 0 Å². The van der Waals surface area contributed by atoms with Gasteiger partial charge < -0.3 is 9.63 Å². The van der Waals surface area contributed by atoms with E-state index in [9.17, 15) is 4.79 Å². The average Bonchev–Trinajstić information content (AvgIpc) is 2.14. The number of aryl methyl sites for hydroxylation is 1. The Morgan fingerprint density at radius 2 is 2.44 bits per heavy atom. The average molecular weight is 128 g/mol. The Labute approximate surface area is 50.3 Å². The minimum absolute atomic E-state index is 0.326. The van der Waals surface area contributed by atoms with Crippen molar-refractivity contribution < 1.29 is 14.4 Å². The Morgan fingerprint density at radius 1 is 1.78 bits per heavy atom. The monoisotopic (exact) mass is 128 g/mol. The van der Waals surface area contributed by atoms with Gasteiger partial charge in [0, 0.05) is 0 Å². The summed E-state index contributed by atoms with van der Waals surface area (Å²) < 4.78 is 4.27. The van der Waals surface area contributed by atoms with Crippen LogP contribution in [0.3, 0.4) is 0 Å². The Morgan fingerprint density at radius 3 is 2.67 bits per heavy atom.